The molecular formula is C23H24F3N5O4. The van der Waals surface area contributed by atoms with Crippen LogP contribution in [0, 0.1) is 0 Å². The molecule has 0 bridgehead atoms. The summed E-state index contributed by atoms with van der Waals surface area (Å²) in [6.07, 6.45) is -3.69. The van der Waals surface area contributed by atoms with Gasteiger partial charge in [0.1, 0.15) is 0 Å². The van der Waals surface area contributed by atoms with Crippen molar-refractivity contribution in [3.05, 3.63) is 71.5 Å². The Morgan fingerprint density at radius 3 is 2.40 bits per heavy atom. The van der Waals surface area contributed by atoms with E-state index in [2.05, 4.69) is 20.9 Å². The van der Waals surface area contributed by atoms with Gasteiger partial charge in [0.2, 0.25) is 0 Å². The number of ether oxygens (including phenoxy) is 2. The molecule has 0 saturated heterocycles. The van der Waals surface area contributed by atoms with E-state index in [-0.39, 0.29) is 29.2 Å². The Labute approximate surface area is 199 Å². The van der Waals surface area contributed by atoms with Crippen LogP contribution in [0.15, 0.2) is 54.7 Å². The summed E-state index contributed by atoms with van der Waals surface area (Å²) in [4.78, 5) is 25.5. The maximum Gasteiger partial charge on any atom is 0.416 e. The normalized spacial score (nSPS) is 11.5. The van der Waals surface area contributed by atoms with Gasteiger partial charge in [-0.15, -0.1) is 5.10 Å². The van der Waals surface area contributed by atoms with E-state index in [1.807, 2.05) is 13.8 Å². The Kier molecular flexibility index (Phi) is 8.55. The SMILES string of the molecule is CCOC(Cn1cc(C(=O)Nc2ccccc2C(=O)Nc2cccc(C(F)(F)F)c2)nn1)OCC. The zero-order chi connectivity index (χ0) is 25.4. The number of alkyl halides is 3. The molecule has 0 spiro atoms. The summed E-state index contributed by atoms with van der Waals surface area (Å²) in [7, 11) is 0. The van der Waals surface area contributed by atoms with E-state index in [9.17, 15) is 22.8 Å². The number of rotatable bonds is 10. The van der Waals surface area contributed by atoms with Crippen LogP contribution in [0.4, 0.5) is 24.5 Å². The summed E-state index contributed by atoms with van der Waals surface area (Å²) in [5.74, 6) is -1.32. The van der Waals surface area contributed by atoms with Gasteiger partial charge in [-0.2, -0.15) is 13.2 Å². The van der Waals surface area contributed by atoms with Crippen LogP contribution in [0.2, 0.25) is 0 Å². The molecule has 0 atom stereocenters. The lowest BCUT2D eigenvalue weighted by atomic mass is 10.1. The number of nitrogens with one attached hydrogen (secondary N) is 2. The first kappa shape index (κ1) is 25.8. The molecule has 2 aromatic carbocycles. The molecule has 186 valence electrons. The average molecular weight is 491 g/mol. The molecule has 3 rings (SSSR count). The summed E-state index contributed by atoms with van der Waals surface area (Å²) in [5.41, 5.74) is -0.732. The number of hydrogen-bond acceptors (Lipinski definition) is 6. The summed E-state index contributed by atoms with van der Waals surface area (Å²) < 4.78 is 51.2. The van der Waals surface area contributed by atoms with E-state index in [4.69, 9.17) is 9.47 Å². The number of aromatic nitrogens is 3. The minimum atomic E-state index is -4.55. The predicted octanol–water partition coefficient (Wildman–Crippen LogP) is 4.20. The highest BCUT2D eigenvalue weighted by atomic mass is 19.4. The maximum atomic E-state index is 13.0. The number of amides is 2. The quantitative estimate of drug-likeness (QED) is 0.412. The minimum Gasteiger partial charge on any atom is -0.351 e. The van der Waals surface area contributed by atoms with Gasteiger partial charge in [-0.1, -0.05) is 23.4 Å². The van der Waals surface area contributed by atoms with Gasteiger partial charge in [0.25, 0.3) is 11.8 Å². The van der Waals surface area contributed by atoms with E-state index in [1.165, 1.54) is 35.1 Å². The zero-order valence-corrected chi connectivity index (χ0v) is 19.0. The van der Waals surface area contributed by atoms with Gasteiger partial charge in [-0.25, -0.2) is 4.68 Å². The lowest BCUT2D eigenvalue weighted by molar-refractivity contribution is -0.145. The van der Waals surface area contributed by atoms with Crippen molar-refractivity contribution in [3.8, 4) is 0 Å². The molecule has 0 aliphatic heterocycles. The van der Waals surface area contributed by atoms with Crippen molar-refractivity contribution in [1.29, 1.82) is 0 Å². The van der Waals surface area contributed by atoms with E-state index in [0.717, 1.165) is 12.1 Å². The molecule has 2 N–H and O–H groups in total. The molecule has 9 nitrogen and oxygen atoms in total. The number of para-hydroxylation sites is 1. The third kappa shape index (κ3) is 7.11. The highest BCUT2D eigenvalue weighted by Crippen LogP contribution is 2.31. The molecule has 0 aliphatic carbocycles. The van der Waals surface area contributed by atoms with Gasteiger partial charge in [-0.3, -0.25) is 9.59 Å². The monoisotopic (exact) mass is 491 g/mol. The van der Waals surface area contributed by atoms with Gasteiger partial charge in [-0.05, 0) is 44.2 Å². The van der Waals surface area contributed by atoms with Gasteiger partial charge in [0.05, 0.1) is 29.6 Å². The van der Waals surface area contributed by atoms with Crippen molar-refractivity contribution in [2.45, 2.75) is 32.9 Å². The van der Waals surface area contributed by atoms with Crippen molar-refractivity contribution < 1.29 is 32.2 Å². The maximum absolute atomic E-state index is 13.0. The van der Waals surface area contributed by atoms with Gasteiger partial charge < -0.3 is 20.1 Å². The number of anilines is 2. The third-order valence-corrected chi connectivity index (χ3v) is 4.68. The smallest absolute Gasteiger partial charge is 0.351 e. The van der Waals surface area contributed by atoms with Crippen LogP contribution in [-0.4, -0.2) is 46.3 Å². The summed E-state index contributed by atoms with van der Waals surface area (Å²) in [6, 6.07) is 10.4. The summed E-state index contributed by atoms with van der Waals surface area (Å²) >= 11 is 0. The Morgan fingerprint density at radius 1 is 1.00 bits per heavy atom. The molecule has 0 unspecified atom stereocenters. The second-order valence-corrected chi connectivity index (χ2v) is 7.20. The van der Waals surface area contributed by atoms with Crippen molar-refractivity contribution in [1.82, 2.24) is 15.0 Å². The molecule has 1 heterocycles. The number of hydrogen-bond donors (Lipinski definition) is 2. The van der Waals surface area contributed by atoms with Crippen LogP contribution >= 0.6 is 0 Å². The number of carbonyl (C=O) groups excluding carboxylic acids is 2. The molecule has 12 heteroatoms. The number of nitrogens with zero attached hydrogens (tertiary/aromatic N) is 3. The van der Waals surface area contributed by atoms with Crippen molar-refractivity contribution >= 4 is 23.2 Å². The van der Waals surface area contributed by atoms with Gasteiger partial charge in [0.15, 0.2) is 12.0 Å². The Bertz CT molecular complexity index is 1160. The fourth-order valence-electron chi connectivity index (χ4n) is 3.12. The lowest BCUT2D eigenvalue weighted by Crippen LogP contribution is -2.24. The highest BCUT2D eigenvalue weighted by molar-refractivity contribution is 6.12. The number of benzene rings is 2. The van der Waals surface area contributed by atoms with Gasteiger partial charge >= 0.3 is 6.18 Å². The van der Waals surface area contributed by atoms with E-state index >= 15 is 0 Å². The molecule has 2 amide bonds. The highest BCUT2D eigenvalue weighted by Gasteiger charge is 2.30. The van der Waals surface area contributed by atoms with Crippen LogP contribution in [0.25, 0.3) is 0 Å². The van der Waals surface area contributed by atoms with Crippen LogP contribution in [-0.2, 0) is 22.2 Å². The van der Waals surface area contributed by atoms with E-state index in [0.29, 0.717) is 13.2 Å². The van der Waals surface area contributed by atoms with Crippen LogP contribution in [0.5, 0.6) is 0 Å². The lowest BCUT2D eigenvalue weighted by Gasteiger charge is -2.16. The topological polar surface area (TPSA) is 107 Å². The predicted molar refractivity (Wildman–Crippen MR) is 121 cm³/mol. The molecule has 0 radical (unpaired) electrons. The standard InChI is InChI=1S/C23H24F3N5O4/c1-3-34-20(35-4-2)14-31-13-19(29-30-31)22(33)28-18-11-6-5-10-17(18)21(32)27-16-9-7-8-15(12-16)23(24,25)26/h5-13,20H,3-4,14H2,1-2H3,(H,27,32)(H,28,33). The van der Waals surface area contributed by atoms with Crippen LogP contribution in [0.3, 0.4) is 0 Å². The number of halogens is 3. The third-order valence-electron chi connectivity index (χ3n) is 4.68. The first-order valence-corrected chi connectivity index (χ1v) is 10.7. The van der Waals surface area contributed by atoms with Gasteiger partial charge in [0, 0.05) is 18.9 Å². The average Bonchev–Trinajstić information content (AvgIpc) is 3.28. The van der Waals surface area contributed by atoms with Crippen molar-refractivity contribution in [2.75, 3.05) is 23.8 Å². The Balaban J connectivity index is 1.71. The van der Waals surface area contributed by atoms with Crippen molar-refractivity contribution in [3.63, 3.8) is 0 Å². The molecule has 0 fully saturated rings. The second-order valence-electron chi connectivity index (χ2n) is 7.20. The zero-order valence-electron chi connectivity index (χ0n) is 19.0. The Morgan fingerprint density at radius 2 is 1.71 bits per heavy atom. The van der Waals surface area contributed by atoms with Crippen LogP contribution < -0.4 is 10.6 Å². The molecule has 1 aromatic heterocycles. The Hall–Kier alpha value is -3.77. The van der Waals surface area contributed by atoms with Crippen molar-refractivity contribution in [2.24, 2.45) is 0 Å². The minimum absolute atomic E-state index is 0.00941. The first-order chi connectivity index (χ1) is 16.7. The molecule has 35 heavy (non-hydrogen) atoms. The van der Waals surface area contributed by atoms with E-state index in [1.54, 1.807) is 12.1 Å². The van der Waals surface area contributed by atoms with E-state index < -0.39 is 29.8 Å². The van der Waals surface area contributed by atoms with Crippen LogP contribution in [0.1, 0.15) is 40.3 Å². The summed E-state index contributed by atoms with van der Waals surface area (Å²) in [6.45, 7) is 4.75. The molecular weight excluding hydrogens is 467 g/mol. The fourth-order valence-corrected chi connectivity index (χ4v) is 3.12. The largest absolute Gasteiger partial charge is 0.416 e. The first-order valence-electron chi connectivity index (χ1n) is 10.7. The molecule has 0 aliphatic rings. The summed E-state index contributed by atoms with van der Waals surface area (Å²) in [5, 5.41) is 12.8. The number of carbonyl (C=O) groups is 2. The molecule has 0 saturated carbocycles. The fraction of sp³-hybridized carbons (Fsp3) is 0.304. The molecule has 3 aromatic rings. The second kappa shape index (κ2) is 11.6.